The van der Waals surface area contributed by atoms with Gasteiger partial charge in [0.15, 0.2) is 46.7 Å². The molecule has 0 radical (unpaired) electrons. The maximum absolute atomic E-state index is 10.5. The topological polar surface area (TPSA) is 86.6 Å². The van der Waals surface area contributed by atoms with Crippen LogP contribution in [-0.4, -0.2) is 44.3 Å². The molecule has 0 aromatic heterocycles. The van der Waals surface area contributed by atoms with E-state index in [4.69, 9.17) is 23.7 Å². The minimum atomic E-state index is -0.785. The van der Waals surface area contributed by atoms with Crippen molar-refractivity contribution in [3.63, 3.8) is 0 Å². The number of aliphatic hydroxyl groups is 1. The lowest BCUT2D eigenvalue weighted by molar-refractivity contribution is 0.0108. The molecular formula is C30H36O7. The van der Waals surface area contributed by atoms with Crippen LogP contribution >= 0.6 is 0 Å². The normalized spacial score (nSPS) is 16.4. The van der Waals surface area contributed by atoms with E-state index in [9.17, 15) is 10.2 Å². The molecule has 2 N–H and O–H groups in total. The Morgan fingerprint density at radius 1 is 0.730 bits per heavy atom. The molecule has 0 unspecified atom stereocenters. The molecule has 0 fully saturated rings. The third-order valence-corrected chi connectivity index (χ3v) is 6.60. The summed E-state index contributed by atoms with van der Waals surface area (Å²) in [5, 5.41) is 20.6. The van der Waals surface area contributed by atoms with Gasteiger partial charge in [0.05, 0.1) is 27.9 Å². The number of methoxy groups -OCH3 is 3. The minimum absolute atomic E-state index is 0.0104. The SMILES string of the molecule is CCCc1cc(OC)c2c(c1)-c1cc(CCC)cc(OC)c1O[C@H](CO)[C@@H](c1ccc(O)c(OC)c1)O2. The van der Waals surface area contributed by atoms with E-state index in [1.807, 2.05) is 12.1 Å². The molecule has 198 valence electrons. The summed E-state index contributed by atoms with van der Waals surface area (Å²) in [6.07, 6.45) is 2.20. The summed E-state index contributed by atoms with van der Waals surface area (Å²) in [4.78, 5) is 0. The second kappa shape index (κ2) is 11.6. The smallest absolute Gasteiger partial charge is 0.170 e. The van der Waals surface area contributed by atoms with Gasteiger partial charge in [0.1, 0.15) is 0 Å². The Morgan fingerprint density at radius 2 is 1.27 bits per heavy atom. The Kier molecular flexibility index (Phi) is 8.34. The third-order valence-electron chi connectivity index (χ3n) is 6.60. The molecule has 0 amide bonds. The Bertz CT molecular complexity index is 1240. The Morgan fingerprint density at radius 3 is 1.76 bits per heavy atom. The van der Waals surface area contributed by atoms with Crippen LogP contribution in [0.1, 0.15) is 49.5 Å². The molecule has 0 bridgehead atoms. The Labute approximate surface area is 218 Å². The number of hydrogen-bond donors (Lipinski definition) is 2. The van der Waals surface area contributed by atoms with Gasteiger partial charge < -0.3 is 33.9 Å². The quantitative estimate of drug-likeness (QED) is 0.374. The highest BCUT2D eigenvalue weighted by Crippen LogP contribution is 2.51. The average molecular weight is 509 g/mol. The van der Waals surface area contributed by atoms with E-state index in [-0.39, 0.29) is 12.4 Å². The van der Waals surface area contributed by atoms with Crippen LogP contribution in [0, 0.1) is 0 Å². The van der Waals surface area contributed by atoms with Gasteiger partial charge in [-0.05, 0) is 60.4 Å². The molecule has 7 heteroatoms. The van der Waals surface area contributed by atoms with Gasteiger partial charge in [0.25, 0.3) is 0 Å². The van der Waals surface area contributed by atoms with E-state index in [0.717, 1.165) is 47.9 Å². The van der Waals surface area contributed by atoms with E-state index in [0.29, 0.717) is 34.3 Å². The summed E-state index contributed by atoms with van der Waals surface area (Å²) >= 11 is 0. The summed E-state index contributed by atoms with van der Waals surface area (Å²) in [6, 6.07) is 13.2. The van der Waals surface area contributed by atoms with E-state index in [2.05, 4.69) is 26.0 Å². The lowest BCUT2D eigenvalue weighted by Gasteiger charge is -2.33. The van der Waals surface area contributed by atoms with Crippen LogP contribution in [0.15, 0.2) is 42.5 Å². The number of phenolic OH excluding ortho intramolecular Hbond substituents is 1. The predicted molar refractivity (Wildman–Crippen MR) is 143 cm³/mol. The molecule has 0 spiro atoms. The van der Waals surface area contributed by atoms with Gasteiger partial charge in [0.2, 0.25) is 0 Å². The first-order valence-electron chi connectivity index (χ1n) is 12.7. The average Bonchev–Trinajstić information content (AvgIpc) is 2.90. The fourth-order valence-electron chi connectivity index (χ4n) is 4.83. The second-order valence-electron chi connectivity index (χ2n) is 9.16. The zero-order chi connectivity index (χ0) is 26.5. The van der Waals surface area contributed by atoms with Crippen molar-refractivity contribution in [2.75, 3.05) is 27.9 Å². The van der Waals surface area contributed by atoms with Gasteiger partial charge in [-0.15, -0.1) is 0 Å². The van der Waals surface area contributed by atoms with Crippen molar-refractivity contribution in [1.82, 2.24) is 0 Å². The first kappa shape index (κ1) is 26.5. The molecule has 0 saturated carbocycles. The van der Waals surface area contributed by atoms with E-state index in [1.54, 1.807) is 32.4 Å². The molecule has 3 aromatic carbocycles. The molecule has 1 heterocycles. The summed E-state index contributed by atoms with van der Waals surface area (Å²) in [6.45, 7) is 3.95. The van der Waals surface area contributed by atoms with Crippen molar-refractivity contribution in [2.24, 2.45) is 0 Å². The number of rotatable bonds is 9. The highest BCUT2D eigenvalue weighted by molar-refractivity contribution is 5.82. The maximum Gasteiger partial charge on any atom is 0.170 e. The maximum atomic E-state index is 10.5. The number of benzene rings is 3. The van der Waals surface area contributed by atoms with E-state index < -0.39 is 12.2 Å². The summed E-state index contributed by atoms with van der Waals surface area (Å²) in [7, 11) is 4.73. The zero-order valence-electron chi connectivity index (χ0n) is 22.2. The molecule has 4 rings (SSSR count). The number of hydrogen-bond acceptors (Lipinski definition) is 7. The summed E-state index contributed by atoms with van der Waals surface area (Å²) in [5.41, 5.74) is 4.57. The number of aromatic hydroxyl groups is 1. The second-order valence-corrected chi connectivity index (χ2v) is 9.16. The molecule has 3 aromatic rings. The number of aliphatic hydroxyl groups excluding tert-OH is 1. The van der Waals surface area contributed by atoms with Crippen LogP contribution in [-0.2, 0) is 12.8 Å². The van der Waals surface area contributed by atoms with Gasteiger partial charge in [-0.2, -0.15) is 0 Å². The number of fused-ring (bicyclic) bond motifs is 3. The molecule has 2 atom stereocenters. The van der Waals surface area contributed by atoms with Crippen LogP contribution in [0.3, 0.4) is 0 Å². The van der Waals surface area contributed by atoms with Crippen LogP contribution in [0.4, 0.5) is 0 Å². The zero-order valence-corrected chi connectivity index (χ0v) is 22.2. The molecule has 0 aliphatic carbocycles. The number of ether oxygens (including phenoxy) is 5. The first-order valence-corrected chi connectivity index (χ1v) is 12.7. The molecule has 37 heavy (non-hydrogen) atoms. The van der Waals surface area contributed by atoms with Crippen molar-refractivity contribution in [3.8, 4) is 45.6 Å². The number of aryl methyl sites for hydroxylation is 2. The van der Waals surface area contributed by atoms with E-state index in [1.165, 1.54) is 7.11 Å². The van der Waals surface area contributed by atoms with Crippen molar-refractivity contribution < 1.29 is 33.9 Å². The van der Waals surface area contributed by atoms with Crippen LogP contribution < -0.4 is 23.7 Å². The highest BCUT2D eigenvalue weighted by atomic mass is 16.6. The fourth-order valence-corrected chi connectivity index (χ4v) is 4.83. The predicted octanol–water partition coefficient (Wildman–Crippen LogP) is 5.86. The minimum Gasteiger partial charge on any atom is -0.504 e. The highest BCUT2D eigenvalue weighted by Gasteiger charge is 2.35. The summed E-state index contributed by atoms with van der Waals surface area (Å²) < 4.78 is 30.1. The molecule has 1 aliphatic rings. The summed E-state index contributed by atoms with van der Waals surface area (Å²) in [5.74, 6) is 2.59. The first-order chi connectivity index (χ1) is 18.0. The van der Waals surface area contributed by atoms with Crippen molar-refractivity contribution >= 4 is 0 Å². The largest absolute Gasteiger partial charge is 0.504 e. The lowest BCUT2D eigenvalue weighted by atomic mass is 9.94. The fraction of sp³-hybridized carbons (Fsp3) is 0.400. The van der Waals surface area contributed by atoms with Crippen molar-refractivity contribution in [2.45, 2.75) is 51.7 Å². The lowest BCUT2D eigenvalue weighted by Crippen LogP contribution is -2.34. The molecular weight excluding hydrogens is 472 g/mol. The van der Waals surface area contributed by atoms with Crippen LogP contribution in [0.5, 0.6) is 34.5 Å². The molecule has 1 aliphatic heterocycles. The Balaban J connectivity index is 2.01. The Hall–Kier alpha value is -3.58. The van der Waals surface area contributed by atoms with Crippen LogP contribution in [0.2, 0.25) is 0 Å². The number of phenols is 1. The van der Waals surface area contributed by atoms with Gasteiger partial charge in [-0.3, -0.25) is 0 Å². The standard InChI is InChI=1S/C30H36O7/c1-6-8-18-12-21-22-13-19(9-7-2)15-26(35-5)30(22)37-28(20-10-11-23(32)24(16-20)33-3)27(17-31)36-29(21)25(14-18)34-4/h10-16,27-28,31-32H,6-9,17H2,1-5H3/t27-,28-/m1/s1. The van der Waals surface area contributed by atoms with E-state index >= 15 is 0 Å². The molecule has 7 nitrogen and oxygen atoms in total. The van der Waals surface area contributed by atoms with Gasteiger partial charge in [0, 0.05) is 16.7 Å². The van der Waals surface area contributed by atoms with Gasteiger partial charge in [-0.25, -0.2) is 0 Å². The van der Waals surface area contributed by atoms with Crippen molar-refractivity contribution in [1.29, 1.82) is 0 Å². The van der Waals surface area contributed by atoms with Crippen molar-refractivity contribution in [3.05, 3.63) is 59.2 Å². The van der Waals surface area contributed by atoms with Crippen LogP contribution in [0.25, 0.3) is 11.1 Å². The monoisotopic (exact) mass is 508 g/mol. The van der Waals surface area contributed by atoms with Gasteiger partial charge >= 0.3 is 0 Å². The molecule has 0 saturated heterocycles. The van der Waals surface area contributed by atoms with Gasteiger partial charge in [-0.1, -0.05) is 32.8 Å². The third kappa shape index (κ3) is 5.27.